The van der Waals surface area contributed by atoms with Gasteiger partial charge in [-0.1, -0.05) is 6.07 Å². The van der Waals surface area contributed by atoms with Crippen molar-refractivity contribution in [1.82, 2.24) is 9.80 Å². The monoisotopic (exact) mass is 468 g/mol. The maximum atomic E-state index is 12.6. The minimum Gasteiger partial charge on any atom is -0.493 e. The summed E-state index contributed by atoms with van der Waals surface area (Å²) in [7, 11) is 4.70. The summed E-state index contributed by atoms with van der Waals surface area (Å²) in [5.41, 5.74) is 0.184. The molecule has 0 atom stereocenters. The first-order valence-electron chi connectivity index (χ1n) is 10.3. The number of alkyl halides is 3. The van der Waals surface area contributed by atoms with E-state index in [2.05, 4.69) is 4.90 Å². The summed E-state index contributed by atoms with van der Waals surface area (Å²) in [6, 6.07) is 8.04. The third-order valence-corrected chi connectivity index (χ3v) is 5.45. The predicted molar refractivity (Wildman–Crippen MR) is 115 cm³/mol. The van der Waals surface area contributed by atoms with Crippen LogP contribution in [-0.2, 0) is 17.5 Å². The molecule has 0 spiro atoms. The van der Waals surface area contributed by atoms with Gasteiger partial charge in [0.2, 0.25) is 5.75 Å². The van der Waals surface area contributed by atoms with Crippen LogP contribution < -0.4 is 18.9 Å². The molecule has 0 N–H and O–H groups in total. The van der Waals surface area contributed by atoms with E-state index in [-0.39, 0.29) is 18.3 Å². The zero-order valence-electron chi connectivity index (χ0n) is 18.8. The Morgan fingerprint density at radius 1 is 0.879 bits per heavy atom. The van der Waals surface area contributed by atoms with E-state index in [1.165, 1.54) is 12.1 Å². The largest absolute Gasteiger partial charge is 0.493 e. The number of piperazine rings is 1. The van der Waals surface area contributed by atoms with Gasteiger partial charge in [-0.3, -0.25) is 9.69 Å². The van der Waals surface area contributed by atoms with Crippen LogP contribution in [0.5, 0.6) is 23.0 Å². The third-order valence-electron chi connectivity index (χ3n) is 5.45. The van der Waals surface area contributed by atoms with Crippen LogP contribution >= 0.6 is 0 Å². The molecule has 0 aliphatic carbocycles. The van der Waals surface area contributed by atoms with Crippen molar-refractivity contribution in [2.45, 2.75) is 12.7 Å². The minimum atomic E-state index is -4.41. The van der Waals surface area contributed by atoms with Crippen LogP contribution in [-0.4, -0.2) is 69.8 Å². The zero-order chi connectivity index (χ0) is 24.0. The first-order valence-corrected chi connectivity index (χ1v) is 10.3. The summed E-state index contributed by atoms with van der Waals surface area (Å²) < 4.78 is 59.6. The van der Waals surface area contributed by atoms with Crippen molar-refractivity contribution in [3.05, 3.63) is 47.5 Å². The van der Waals surface area contributed by atoms with Crippen molar-refractivity contribution in [3.63, 3.8) is 0 Å². The van der Waals surface area contributed by atoms with Gasteiger partial charge in [-0.25, -0.2) is 0 Å². The zero-order valence-corrected chi connectivity index (χ0v) is 18.8. The molecule has 33 heavy (non-hydrogen) atoms. The minimum absolute atomic E-state index is 0.210. The number of amides is 1. The summed E-state index contributed by atoms with van der Waals surface area (Å²) in [5.74, 6) is 1.74. The number of rotatable bonds is 8. The fraction of sp³-hybridized carbons (Fsp3) is 0.435. The molecule has 1 saturated heterocycles. The van der Waals surface area contributed by atoms with Crippen molar-refractivity contribution < 1.29 is 36.9 Å². The van der Waals surface area contributed by atoms with Crippen molar-refractivity contribution in [3.8, 4) is 23.0 Å². The van der Waals surface area contributed by atoms with Crippen molar-refractivity contribution in [2.75, 3.05) is 54.1 Å². The summed E-state index contributed by atoms with van der Waals surface area (Å²) in [4.78, 5) is 16.4. The van der Waals surface area contributed by atoms with Gasteiger partial charge in [-0.2, -0.15) is 13.2 Å². The Labute approximate surface area is 190 Å². The molecule has 1 fully saturated rings. The number of carbonyl (C=O) groups is 1. The van der Waals surface area contributed by atoms with Gasteiger partial charge >= 0.3 is 6.18 Å². The van der Waals surface area contributed by atoms with Crippen molar-refractivity contribution in [2.24, 2.45) is 0 Å². The highest BCUT2D eigenvalue weighted by Crippen LogP contribution is 2.40. The lowest BCUT2D eigenvalue weighted by Crippen LogP contribution is -2.49. The lowest BCUT2D eigenvalue weighted by molar-refractivity contribution is -0.138. The van der Waals surface area contributed by atoms with Crippen LogP contribution in [0.1, 0.15) is 11.1 Å². The molecule has 1 aliphatic heterocycles. The highest BCUT2D eigenvalue weighted by Gasteiger charge is 2.30. The van der Waals surface area contributed by atoms with E-state index in [9.17, 15) is 18.0 Å². The molecular formula is C23H27F3N2O5. The molecule has 3 rings (SSSR count). The molecule has 0 aromatic heterocycles. The van der Waals surface area contributed by atoms with Gasteiger partial charge in [-0.05, 0) is 30.3 Å². The van der Waals surface area contributed by atoms with E-state index in [1.807, 2.05) is 12.1 Å². The van der Waals surface area contributed by atoms with E-state index in [4.69, 9.17) is 18.9 Å². The van der Waals surface area contributed by atoms with Gasteiger partial charge in [0.1, 0.15) is 5.75 Å². The number of carbonyl (C=O) groups excluding carboxylic acids is 1. The van der Waals surface area contributed by atoms with Crippen molar-refractivity contribution in [1.29, 1.82) is 0 Å². The molecule has 0 bridgehead atoms. The highest BCUT2D eigenvalue weighted by atomic mass is 19.4. The molecule has 2 aromatic rings. The quantitative estimate of drug-likeness (QED) is 0.592. The van der Waals surface area contributed by atoms with Gasteiger partial charge in [0.25, 0.3) is 5.91 Å². The van der Waals surface area contributed by atoms with E-state index in [1.54, 1.807) is 26.2 Å². The number of hydrogen-bond donors (Lipinski definition) is 0. The molecule has 2 aromatic carbocycles. The van der Waals surface area contributed by atoms with Gasteiger partial charge in [0.05, 0.1) is 26.9 Å². The maximum Gasteiger partial charge on any atom is 0.416 e. The number of methoxy groups -OCH3 is 3. The Morgan fingerprint density at radius 2 is 1.52 bits per heavy atom. The predicted octanol–water partition coefficient (Wildman–Crippen LogP) is 3.45. The van der Waals surface area contributed by atoms with Gasteiger partial charge in [0, 0.05) is 38.3 Å². The number of ether oxygens (including phenoxy) is 4. The SMILES string of the molecule is COc1ccc(CN2CCN(C(=O)COc3ccc(C(F)(F)F)cc3)CC2)c(OC)c1OC. The number of nitrogens with zero attached hydrogens (tertiary/aromatic N) is 2. The van der Waals surface area contributed by atoms with Crippen LogP contribution in [0.4, 0.5) is 13.2 Å². The van der Waals surface area contributed by atoms with Crippen LogP contribution in [0.3, 0.4) is 0 Å². The number of benzene rings is 2. The Hall–Kier alpha value is -3.14. The second-order valence-electron chi connectivity index (χ2n) is 7.46. The summed E-state index contributed by atoms with van der Waals surface area (Å²) >= 11 is 0. The molecule has 10 heteroatoms. The standard InChI is InChI=1S/C23H27F3N2O5/c1-30-19-9-4-16(21(31-2)22(19)32-3)14-27-10-12-28(13-11-27)20(29)15-33-18-7-5-17(6-8-18)23(24,25)26/h4-9H,10-15H2,1-3H3. The fourth-order valence-electron chi connectivity index (χ4n) is 3.66. The topological polar surface area (TPSA) is 60.5 Å². The first-order chi connectivity index (χ1) is 15.8. The number of hydrogen-bond acceptors (Lipinski definition) is 6. The van der Waals surface area contributed by atoms with E-state index < -0.39 is 11.7 Å². The molecular weight excluding hydrogens is 441 g/mol. The Morgan fingerprint density at radius 3 is 2.06 bits per heavy atom. The third kappa shape index (κ3) is 6.01. The summed E-state index contributed by atoms with van der Waals surface area (Å²) in [5, 5.41) is 0. The lowest BCUT2D eigenvalue weighted by atomic mass is 10.1. The summed E-state index contributed by atoms with van der Waals surface area (Å²) in [6.07, 6.45) is -4.41. The average molecular weight is 468 g/mol. The molecule has 0 saturated carbocycles. The van der Waals surface area contributed by atoms with Crippen LogP contribution in [0, 0.1) is 0 Å². The molecule has 1 aliphatic rings. The van der Waals surface area contributed by atoms with Gasteiger partial charge < -0.3 is 23.8 Å². The second kappa shape index (κ2) is 10.7. The van der Waals surface area contributed by atoms with E-state index >= 15 is 0 Å². The van der Waals surface area contributed by atoms with Crippen molar-refractivity contribution >= 4 is 5.91 Å². The second-order valence-corrected chi connectivity index (χ2v) is 7.46. The molecule has 0 radical (unpaired) electrons. The van der Waals surface area contributed by atoms with Gasteiger partial charge in [-0.15, -0.1) is 0 Å². The molecule has 1 amide bonds. The molecule has 180 valence electrons. The Bertz CT molecular complexity index is 942. The first kappa shape index (κ1) is 24.5. The molecule has 1 heterocycles. The molecule has 0 unspecified atom stereocenters. The molecule has 7 nitrogen and oxygen atoms in total. The van der Waals surface area contributed by atoms with Crippen LogP contribution in [0.15, 0.2) is 36.4 Å². The van der Waals surface area contributed by atoms with Gasteiger partial charge in [0.15, 0.2) is 18.1 Å². The maximum absolute atomic E-state index is 12.6. The highest BCUT2D eigenvalue weighted by molar-refractivity contribution is 5.77. The van der Waals surface area contributed by atoms with E-state index in [0.29, 0.717) is 50.0 Å². The normalized spacial score (nSPS) is 14.7. The summed E-state index contributed by atoms with van der Waals surface area (Å²) in [6.45, 7) is 2.74. The van der Waals surface area contributed by atoms with Crippen LogP contribution in [0.2, 0.25) is 0 Å². The lowest BCUT2D eigenvalue weighted by Gasteiger charge is -2.35. The number of halogens is 3. The Balaban J connectivity index is 1.51. The van der Waals surface area contributed by atoms with E-state index in [0.717, 1.165) is 17.7 Å². The van der Waals surface area contributed by atoms with Crippen LogP contribution in [0.25, 0.3) is 0 Å². The fourth-order valence-corrected chi connectivity index (χ4v) is 3.66. The Kier molecular flexibility index (Phi) is 7.91. The smallest absolute Gasteiger partial charge is 0.416 e. The average Bonchev–Trinajstić information content (AvgIpc) is 2.82.